The molecule has 0 saturated carbocycles. The summed E-state index contributed by atoms with van der Waals surface area (Å²) in [4.78, 5) is 47.7. The van der Waals surface area contributed by atoms with Gasteiger partial charge in [0.2, 0.25) is 0 Å². The molecular weight excluding hydrogens is 350 g/mol. The maximum absolute atomic E-state index is 12.4. The Morgan fingerprint density at radius 2 is 1.85 bits per heavy atom. The molecule has 0 fully saturated rings. The van der Waals surface area contributed by atoms with Crippen molar-refractivity contribution >= 4 is 23.8 Å². The molecule has 8 nitrogen and oxygen atoms in total. The molecule has 0 aliphatic carbocycles. The van der Waals surface area contributed by atoms with Crippen molar-refractivity contribution in [2.75, 3.05) is 13.2 Å². The van der Waals surface area contributed by atoms with E-state index in [0.29, 0.717) is 5.56 Å². The molecule has 0 aromatic heterocycles. The number of hydrogen-bond acceptors (Lipinski definition) is 5. The van der Waals surface area contributed by atoms with E-state index < -0.39 is 36.5 Å². The molecule has 0 heterocycles. The van der Waals surface area contributed by atoms with Gasteiger partial charge in [0.25, 0.3) is 11.8 Å². The van der Waals surface area contributed by atoms with E-state index >= 15 is 0 Å². The van der Waals surface area contributed by atoms with Crippen LogP contribution in [0.3, 0.4) is 0 Å². The summed E-state index contributed by atoms with van der Waals surface area (Å²) in [5.74, 6) is -2.20. The number of amides is 4. The third-order valence-corrected chi connectivity index (χ3v) is 3.60. The highest BCUT2D eigenvalue weighted by Crippen LogP contribution is 2.10. The Morgan fingerprint density at radius 3 is 2.44 bits per heavy atom. The minimum Gasteiger partial charge on any atom is -0.454 e. The fourth-order valence-corrected chi connectivity index (χ4v) is 2.14. The van der Waals surface area contributed by atoms with Gasteiger partial charge in [-0.25, -0.2) is 9.59 Å². The molecule has 1 aromatic carbocycles. The van der Waals surface area contributed by atoms with Crippen molar-refractivity contribution in [2.24, 2.45) is 5.92 Å². The van der Waals surface area contributed by atoms with Gasteiger partial charge in [-0.3, -0.25) is 14.9 Å². The van der Waals surface area contributed by atoms with Crippen LogP contribution in [0.1, 0.15) is 29.8 Å². The number of hydrogen-bond donors (Lipinski definition) is 3. The Bertz CT molecular complexity index is 715. The number of imide groups is 1. The molecule has 3 N–H and O–H groups in total. The van der Waals surface area contributed by atoms with Gasteiger partial charge in [-0.05, 0) is 24.5 Å². The van der Waals surface area contributed by atoms with Crippen LogP contribution in [0.2, 0.25) is 0 Å². The standard InChI is InChI=1S/C19H25N3O5/c1-5-10-20-19(26)21-15(23)11-27-18(25)16(12(2)3)22-17(24)14-9-7-6-8-13(14)4/h5-9,12,16H,1,10-11H2,2-4H3,(H,22,24)(H2,20,21,23,26)/t16-/m0/s1. The highest BCUT2D eigenvalue weighted by molar-refractivity contribution is 5.98. The Kier molecular flexibility index (Phi) is 8.71. The molecule has 146 valence electrons. The molecule has 0 radical (unpaired) electrons. The van der Waals surface area contributed by atoms with Crippen molar-refractivity contribution in [3.8, 4) is 0 Å². The van der Waals surface area contributed by atoms with Crippen LogP contribution in [0.15, 0.2) is 36.9 Å². The fraction of sp³-hybridized carbons (Fsp3) is 0.368. The Labute approximate surface area is 158 Å². The molecule has 0 bridgehead atoms. The largest absolute Gasteiger partial charge is 0.454 e. The van der Waals surface area contributed by atoms with E-state index in [9.17, 15) is 19.2 Å². The summed E-state index contributed by atoms with van der Waals surface area (Å²) in [6.45, 7) is 8.26. The fourth-order valence-electron chi connectivity index (χ4n) is 2.14. The summed E-state index contributed by atoms with van der Waals surface area (Å²) >= 11 is 0. The quantitative estimate of drug-likeness (QED) is 0.468. The minimum absolute atomic E-state index is 0.194. The molecule has 8 heteroatoms. The van der Waals surface area contributed by atoms with Crippen molar-refractivity contribution in [1.29, 1.82) is 0 Å². The lowest BCUT2D eigenvalue weighted by molar-refractivity contribution is -0.151. The zero-order chi connectivity index (χ0) is 20.4. The highest BCUT2D eigenvalue weighted by atomic mass is 16.5. The first-order valence-electron chi connectivity index (χ1n) is 8.48. The monoisotopic (exact) mass is 375 g/mol. The molecule has 0 aliphatic rings. The van der Waals surface area contributed by atoms with Gasteiger partial charge in [0.05, 0.1) is 0 Å². The van der Waals surface area contributed by atoms with Crippen LogP contribution in [0.25, 0.3) is 0 Å². The number of benzene rings is 1. The van der Waals surface area contributed by atoms with Crippen LogP contribution in [-0.2, 0) is 14.3 Å². The third kappa shape index (κ3) is 7.31. The number of urea groups is 1. The molecule has 4 amide bonds. The second-order valence-corrected chi connectivity index (χ2v) is 6.16. The summed E-state index contributed by atoms with van der Waals surface area (Å²) in [6, 6.07) is 5.34. The average Bonchev–Trinajstić information content (AvgIpc) is 2.62. The first-order chi connectivity index (χ1) is 12.8. The van der Waals surface area contributed by atoms with Gasteiger partial charge in [0.15, 0.2) is 6.61 Å². The van der Waals surface area contributed by atoms with Crippen molar-refractivity contribution in [1.82, 2.24) is 16.0 Å². The number of ether oxygens (including phenoxy) is 1. The van der Waals surface area contributed by atoms with Crippen LogP contribution in [0, 0.1) is 12.8 Å². The first kappa shape index (κ1) is 21.9. The topological polar surface area (TPSA) is 114 Å². The number of rotatable bonds is 8. The molecule has 1 aromatic rings. The van der Waals surface area contributed by atoms with Crippen LogP contribution in [0.4, 0.5) is 4.79 Å². The van der Waals surface area contributed by atoms with Gasteiger partial charge < -0.3 is 15.4 Å². The summed E-state index contributed by atoms with van der Waals surface area (Å²) in [5, 5.41) is 7.00. The normalized spacial score (nSPS) is 11.3. The average molecular weight is 375 g/mol. The number of carbonyl (C=O) groups excluding carboxylic acids is 4. The second kappa shape index (κ2) is 10.7. The molecule has 27 heavy (non-hydrogen) atoms. The Hall–Kier alpha value is -3.16. The molecule has 1 rings (SSSR count). The molecule has 0 unspecified atom stereocenters. The van der Waals surface area contributed by atoms with Crippen molar-refractivity contribution in [2.45, 2.75) is 26.8 Å². The van der Waals surface area contributed by atoms with Crippen LogP contribution >= 0.6 is 0 Å². The zero-order valence-electron chi connectivity index (χ0n) is 15.7. The van der Waals surface area contributed by atoms with E-state index in [1.165, 1.54) is 6.08 Å². The molecule has 1 atom stereocenters. The maximum Gasteiger partial charge on any atom is 0.329 e. The predicted octanol–water partition coefficient (Wildman–Crippen LogP) is 1.30. The van der Waals surface area contributed by atoms with Gasteiger partial charge >= 0.3 is 12.0 Å². The molecular formula is C19H25N3O5. The number of nitrogens with one attached hydrogen (secondary N) is 3. The number of carbonyl (C=O) groups is 4. The molecule has 0 spiro atoms. The van der Waals surface area contributed by atoms with Crippen LogP contribution < -0.4 is 16.0 Å². The van der Waals surface area contributed by atoms with E-state index in [0.717, 1.165) is 5.56 Å². The van der Waals surface area contributed by atoms with E-state index in [2.05, 4.69) is 17.2 Å². The molecule has 0 aliphatic heterocycles. The summed E-state index contributed by atoms with van der Waals surface area (Å²) in [7, 11) is 0. The second-order valence-electron chi connectivity index (χ2n) is 6.16. The van der Waals surface area contributed by atoms with Crippen molar-refractivity contribution < 1.29 is 23.9 Å². The first-order valence-corrected chi connectivity index (χ1v) is 8.48. The van der Waals surface area contributed by atoms with Crippen molar-refractivity contribution in [3.63, 3.8) is 0 Å². The van der Waals surface area contributed by atoms with E-state index in [4.69, 9.17) is 4.74 Å². The number of aryl methyl sites for hydroxylation is 1. The zero-order valence-corrected chi connectivity index (χ0v) is 15.7. The lowest BCUT2D eigenvalue weighted by Gasteiger charge is -2.21. The lowest BCUT2D eigenvalue weighted by Crippen LogP contribution is -2.47. The summed E-state index contributed by atoms with van der Waals surface area (Å²) in [6.07, 6.45) is 1.45. The van der Waals surface area contributed by atoms with E-state index in [1.54, 1.807) is 39.0 Å². The van der Waals surface area contributed by atoms with E-state index in [-0.39, 0.29) is 12.5 Å². The Morgan fingerprint density at radius 1 is 1.19 bits per heavy atom. The smallest absolute Gasteiger partial charge is 0.329 e. The Balaban J connectivity index is 2.62. The van der Waals surface area contributed by atoms with Gasteiger partial charge in [-0.1, -0.05) is 38.1 Å². The highest BCUT2D eigenvalue weighted by Gasteiger charge is 2.27. The molecule has 0 saturated heterocycles. The predicted molar refractivity (Wildman–Crippen MR) is 100.0 cm³/mol. The van der Waals surface area contributed by atoms with Gasteiger partial charge in [0, 0.05) is 12.1 Å². The SMILES string of the molecule is C=CCNC(=O)NC(=O)COC(=O)[C@@H](NC(=O)c1ccccc1C)C(C)C. The number of esters is 1. The van der Waals surface area contributed by atoms with Gasteiger partial charge in [-0.2, -0.15) is 0 Å². The summed E-state index contributed by atoms with van der Waals surface area (Å²) < 4.78 is 4.93. The van der Waals surface area contributed by atoms with Crippen LogP contribution in [0.5, 0.6) is 0 Å². The van der Waals surface area contributed by atoms with Gasteiger partial charge in [-0.15, -0.1) is 6.58 Å². The third-order valence-electron chi connectivity index (χ3n) is 3.60. The van der Waals surface area contributed by atoms with E-state index in [1.807, 2.05) is 11.4 Å². The van der Waals surface area contributed by atoms with Gasteiger partial charge in [0.1, 0.15) is 6.04 Å². The lowest BCUT2D eigenvalue weighted by atomic mass is 10.0. The minimum atomic E-state index is -0.931. The summed E-state index contributed by atoms with van der Waals surface area (Å²) in [5.41, 5.74) is 1.23. The maximum atomic E-state index is 12.4. The van der Waals surface area contributed by atoms with Crippen molar-refractivity contribution in [3.05, 3.63) is 48.0 Å². The van der Waals surface area contributed by atoms with Crippen LogP contribution in [-0.4, -0.2) is 43.0 Å².